The van der Waals surface area contributed by atoms with Crippen LogP contribution in [0.5, 0.6) is 0 Å². The summed E-state index contributed by atoms with van der Waals surface area (Å²) in [6.45, 7) is 6.20. The number of aryl methyl sites for hydroxylation is 2. The van der Waals surface area contributed by atoms with E-state index in [1.54, 1.807) is 0 Å². The van der Waals surface area contributed by atoms with Crippen LogP contribution in [0.3, 0.4) is 0 Å². The highest BCUT2D eigenvalue weighted by Crippen LogP contribution is 2.25. The SMILES string of the molecule is CC/C(=C/CCC(O)(CC)CC)c1cccc(CCc2ccc(CO)c(CO)c2)c1. The second kappa shape index (κ2) is 12.0. The maximum Gasteiger partial charge on any atom is 0.0685 e. The zero-order valence-electron chi connectivity index (χ0n) is 18.8. The standard InChI is InChI=1S/C27H38O3/c1-4-23(11-8-16-27(30,5-2)6-3)24-10-7-9-21(17-24)12-13-22-14-15-25(19-28)26(18-22)20-29/h7,9-11,14-15,17-18,28-30H,4-6,8,12-13,16,19-20H2,1-3H3/b23-11-. The molecule has 0 atom stereocenters. The zero-order chi connectivity index (χ0) is 22.0. The summed E-state index contributed by atoms with van der Waals surface area (Å²) in [4.78, 5) is 0. The van der Waals surface area contributed by atoms with Crippen LogP contribution >= 0.6 is 0 Å². The molecule has 0 radical (unpaired) electrons. The number of hydrogen-bond donors (Lipinski definition) is 3. The summed E-state index contributed by atoms with van der Waals surface area (Å²) in [7, 11) is 0. The van der Waals surface area contributed by atoms with Gasteiger partial charge in [-0.1, -0.05) is 69.3 Å². The van der Waals surface area contributed by atoms with Gasteiger partial charge in [0.2, 0.25) is 0 Å². The van der Waals surface area contributed by atoms with Gasteiger partial charge in [-0.15, -0.1) is 0 Å². The van der Waals surface area contributed by atoms with Crippen molar-refractivity contribution < 1.29 is 15.3 Å². The molecule has 0 saturated carbocycles. The van der Waals surface area contributed by atoms with Crippen molar-refractivity contribution in [3.63, 3.8) is 0 Å². The summed E-state index contributed by atoms with van der Waals surface area (Å²) in [5, 5.41) is 29.4. The van der Waals surface area contributed by atoms with Gasteiger partial charge in [-0.25, -0.2) is 0 Å². The van der Waals surface area contributed by atoms with E-state index in [0.29, 0.717) is 0 Å². The number of benzene rings is 2. The summed E-state index contributed by atoms with van der Waals surface area (Å²) in [6, 6.07) is 14.7. The minimum Gasteiger partial charge on any atom is -0.392 e. The average molecular weight is 411 g/mol. The Balaban J connectivity index is 2.06. The molecular formula is C27H38O3. The number of aliphatic hydroxyl groups excluding tert-OH is 2. The van der Waals surface area contributed by atoms with Crippen molar-refractivity contribution >= 4 is 5.57 Å². The van der Waals surface area contributed by atoms with Crippen LogP contribution in [0.2, 0.25) is 0 Å². The van der Waals surface area contributed by atoms with E-state index in [9.17, 15) is 15.3 Å². The van der Waals surface area contributed by atoms with E-state index in [0.717, 1.165) is 56.1 Å². The number of hydrogen-bond acceptors (Lipinski definition) is 3. The fourth-order valence-electron chi connectivity index (χ4n) is 3.94. The first-order chi connectivity index (χ1) is 14.5. The Labute approximate surface area is 182 Å². The predicted molar refractivity (Wildman–Crippen MR) is 125 cm³/mol. The van der Waals surface area contributed by atoms with E-state index in [-0.39, 0.29) is 13.2 Å². The maximum atomic E-state index is 10.5. The van der Waals surface area contributed by atoms with Gasteiger partial charge in [0, 0.05) is 0 Å². The highest BCUT2D eigenvalue weighted by molar-refractivity contribution is 5.65. The molecule has 2 aromatic carbocycles. The normalized spacial score (nSPS) is 12.4. The summed E-state index contributed by atoms with van der Waals surface area (Å²) in [5.74, 6) is 0. The monoisotopic (exact) mass is 410 g/mol. The lowest BCUT2D eigenvalue weighted by molar-refractivity contribution is 0.0246. The topological polar surface area (TPSA) is 60.7 Å². The van der Waals surface area contributed by atoms with Crippen molar-refractivity contribution in [3.05, 3.63) is 76.4 Å². The van der Waals surface area contributed by atoms with Crippen LogP contribution in [0.25, 0.3) is 5.57 Å². The van der Waals surface area contributed by atoms with Crippen LogP contribution < -0.4 is 0 Å². The van der Waals surface area contributed by atoms with E-state index in [2.05, 4.69) is 51.1 Å². The molecule has 0 bridgehead atoms. The van der Waals surface area contributed by atoms with E-state index >= 15 is 0 Å². The Morgan fingerprint density at radius 1 is 0.867 bits per heavy atom. The summed E-state index contributed by atoms with van der Waals surface area (Å²) >= 11 is 0. The van der Waals surface area contributed by atoms with Crippen molar-refractivity contribution in [1.29, 1.82) is 0 Å². The highest BCUT2D eigenvalue weighted by atomic mass is 16.3. The first-order valence-corrected chi connectivity index (χ1v) is 11.3. The van der Waals surface area contributed by atoms with Gasteiger partial charge in [0.25, 0.3) is 0 Å². The molecule has 30 heavy (non-hydrogen) atoms. The lowest BCUT2D eigenvalue weighted by Crippen LogP contribution is -2.25. The Morgan fingerprint density at radius 3 is 2.13 bits per heavy atom. The maximum absolute atomic E-state index is 10.5. The molecule has 0 unspecified atom stereocenters. The highest BCUT2D eigenvalue weighted by Gasteiger charge is 2.20. The molecule has 0 aliphatic rings. The van der Waals surface area contributed by atoms with Crippen LogP contribution in [0.1, 0.15) is 80.7 Å². The molecule has 0 saturated heterocycles. The van der Waals surface area contributed by atoms with Crippen LogP contribution in [-0.2, 0) is 26.1 Å². The second-order valence-electron chi connectivity index (χ2n) is 8.17. The van der Waals surface area contributed by atoms with Crippen molar-refractivity contribution in [2.45, 2.75) is 84.5 Å². The van der Waals surface area contributed by atoms with Gasteiger partial charge in [0.15, 0.2) is 0 Å². The summed E-state index contributed by atoms with van der Waals surface area (Å²) in [5.41, 5.74) is 6.11. The van der Waals surface area contributed by atoms with E-state index in [4.69, 9.17) is 0 Å². The van der Waals surface area contributed by atoms with E-state index < -0.39 is 5.60 Å². The fraction of sp³-hybridized carbons (Fsp3) is 0.481. The lowest BCUT2D eigenvalue weighted by atomic mass is 9.90. The van der Waals surface area contributed by atoms with Gasteiger partial charge in [-0.2, -0.15) is 0 Å². The number of allylic oxidation sites excluding steroid dienone is 2. The first kappa shape index (κ1) is 24.3. The molecule has 3 N–H and O–H groups in total. The van der Waals surface area contributed by atoms with Gasteiger partial charge in [-0.05, 0) is 78.3 Å². The molecule has 2 rings (SSSR count). The molecule has 3 heteroatoms. The molecule has 3 nitrogen and oxygen atoms in total. The van der Waals surface area contributed by atoms with Crippen LogP contribution in [0.15, 0.2) is 48.5 Å². The van der Waals surface area contributed by atoms with E-state index in [1.807, 2.05) is 18.2 Å². The molecule has 0 heterocycles. The van der Waals surface area contributed by atoms with Gasteiger partial charge in [-0.3, -0.25) is 0 Å². The van der Waals surface area contributed by atoms with Crippen LogP contribution in [0.4, 0.5) is 0 Å². The van der Waals surface area contributed by atoms with Crippen LogP contribution in [0, 0.1) is 0 Å². The second-order valence-corrected chi connectivity index (χ2v) is 8.17. The quantitative estimate of drug-likeness (QED) is 0.428. The Kier molecular flexibility index (Phi) is 9.77. The van der Waals surface area contributed by atoms with Crippen molar-refractivity contribution in [2.75, 3.05) is 0 Å². The van der Waals surface area contributed by atoms with Gasteiger partial charge < -0.3 is 15.3 Å². The molecule has 0 aliphatic carbocycles. The van der Waals surface area contributed by atoms with Gasteiger partial charge >= 0.3 is 0 Å². The minimum absolute atomic E-state index is 0.0434. The Morgan fingerprint density at radius 2 is 1.53 bits per heavy atom. The van der Waals surface area contributed by atoms with Crippen molar-refractivity contribution in [2.24, 2.45) is 0 Å². The van der Waals surface area contributed by atoms with Crippen molar-refractivity contribution in [1.82, 2.24) is 0 Å². The third-order valence-corrected chi connectivity index (χ3v) is 6.31. The molecule has 0 aromatic heterocycles. The largest absolute Gasteiger partial charge is 0.392 e. The third kappa shape index (κ3) is 6.80. The van der Waals surface area contributed by atoms with Gasteiger partial charge in [0.05, 0.1) is 18.8 Å². The Bertz CT molecular complexity index is 819. The first-order valence-electron chi connectivity index (χ1n) is 11.3. The minimum atomic E-state index is -0.545. The Hall–Kier alpha value is -1.94. The molecule has 164 valence electrons. The molecule has 0 spiro atoms. The third-order valence-electron chi connectivity index (χ3n) is 6.31. The number of aliphatic hydroxyl groups is 3. The molecule has 0 aliphatic heterocycles. The summed E-state index contributed by atoms with van der Waals surface area (Å²) < 4.78 is 0. The van der Waals surface area contributed by atoms with E-state index in [1.165, 1.54) is 22.3 Å². The van der Waals surface area contributed by atoms with Crippen LogP contribution in [-0.4, -0.2) is 20.9 Å². The van der Waals surface area contributed by atoms with Gasteiger partial charge in [0.1, 0.15) is 0 Å². The predicted octanol–water partition coefficient (Wildman–Crippen LogP) is 5.58. The molecule has 0 amide bonds. The number of rotatable bonds is 12. The van der Waals surface area contributed by atoms with Crippen molar-refractivity contribution in [3.8, 4) is 0 Å². The zero-order valence-corrected chi connectivity index (χ0v) is 18.8. The molecule has 0 fully saturated rings. The lowest BCUT2D eigenvalue weighted by Gasteiger charge is -2.24. The molecule has 2 aromatic rings. The smallest absolute Gasteiger partial charge is 0.0685 e. The fourth-order valence-corrected chi connectivity index (χ4v) is 3.94. The molecular weight excluding hydrogens is 372 g/mol. The summed E-state index contributed by atoms with van der Waals surface area (Å²) in [6.07, 6.45) is 8.39. The average Bonchev–Trinajstić information content (AvgIpc) is 2.80.